The number of aryl methyl sites for hydroxylation is 2. The number of benzene rings is 2. The number of hydrogen-bond acceptors (Lipinski definition) is 3. The Hall–Kier alpha value is -3.41. The average Bonchev–Trinajstić information content (AvgIpc) is 3.26. The zero-order valence-corrected chi connectivity index (χ0v) is 22.6. The van der Waals surface area contributed by atoms with Crippen molar-refractivity contribution < 1.29 is 9.59 Å². The lowest BCUT2D eigenvalue weighted by Gasteiger charge is -2.17. The normalized spacial score (nSPS) is 11.4. The van der Waals surface area contributed by atoms with Crippen molar-refractivity contribution in [2.24, 2.45) is 0 Å². The standard InChI is InChI=1S/C30H40N4O2/c1-7-8-9-10-11-23-14-16-24(17-15-23)29(36)33(6)21-28(35)31-27-20-26(30(3,4)5)32-34(27)25-18-12-22(2)13-19-25/h12-20H,7-11,21H2,1-6H3,(H,31,35). The van der Waals surface area contributed by atoms with Gasteiger partial charge in [-0.2, -0.15) is 5.10 Å². The summed E-state index contributed by atoms with van der Waals surface area (Å²) < 4.78 is 1.75. The zero-order valence-electron chi connectivity index (χ0n) is 22.6. The summed E-state index contributed by atoms with van der Waals surface area (Å²) in [5, 5.41) is 7.72. The predicted molar refractivity (Wildman–Crippen MR) is 147 cm³/mol. The SMILES string of the molecule is CCCCCCc1ccc(C(=O)N(C)CC(=O)Nc2cc(C(C)(C)C)nn2-c2ccc(C)cc2)cc1. The highest BCUT2D eigenvalue weighted by molar-refractivity contribution is 5.99. The Labute approximate surface area is 215 Å². The molecule has 6 nitrogen and oxygen atoms in total. The molecule has 1 heterocycles. The number of aromatic nitrogens is 2. The van der Waals surface area contributed by atoms with Gasteiger partial charge in [-0.15, -0.1) is 0 Å². The Morgan fingerprint density at radius 1 is 0.972 bits per heavy atom. The predicted octanol–water partition coefficient (Wildman–Crippen LogP) is 6.31. The average molecular weight is 489 g/mol. The Kier molecular flexibility index (Phi) is 9.08. The first-order valence-electron chi connectivity index (χ1n) is 12.9. The molecule has 0 saturated carbocycles. The van der Waals surface area contributed by atoms with Gasteiger partial charge in [0.15, 0.2) is 0 Å². The first-order chi connectivity index (χ1) is 17.1. The van der Waals surface area contributed by atoms with Gasteiger partial charge in [0.25, 0.3) is 5.91 Å². The van der Waals surface area contributed by atoms with Gasteiger partial charge in [-0.05, 0) is 49.6 Å². The summed E-state index contributed by atoms with van der Waals surface area (Å²) in [5.41, 5.74) is 4.54. The first-order valence-corrected chi connectivity index (χ1v) is 12.9. The molecule has 2 aromatic carbocycles. The molecule has 0 fully saturated rings. The van der Waals surface area contributed by atoms with E-state index in [4.69, 9.17) is 5.10 Å². The lowest BCUT2D eigenvalue weighted by Crippen LogP contribution is -2.35. The van der Waals surface area contributed by atoms with Crippen LogP contribution in [0.3, 0.4) is 0 Å². The number of nitrogens with zero attached hydrogens (tertiary/aromatic N) is 3. The number of amides is 2. The van der Waals surface area contributed by atoms with Crippen LogP contribution in [0.2, 0.25) is 0 Å². The topological polar surface area (TPSA) is 67.2 Å². The summed E-state index contributed by atoms with van der Waals surface area (Å²) in [4.78, 5) is 27.3. The van der Waals surface area contributed by atoms with E-state index in [0.717, 1.165) is 29.8 Å². The molecule has 1 aromatic heterocycles. The molecule has 0 aliphatic heterocycles. The molecule has 0 aliphatic carbocycles. The number of unbranched alkanes of at least 4 members (excludes halogenated alkanes) is 3. The van der Waals surface area contributed by atoms with E-state index in [9.17, 15) is 9.59 Å². The molecule has 6 heteroatoms. The maximum atomic E-state index is 12.9. The fourth-order valence-electron chi connectivity index (χ4n) is 3.98. The number of rotatable bonds is 10. The van der Waals surface area contributed by atoms with Crippen LogP contribution >= 0.6 is 0 Å². The van der Waals surface area contributed by atoms with Crippen LogP contribution < -0.4 is 5.32 Å². The molecule has 2 amide bonds. The number of anilines is 1. The van der Waals surface area contributed by atoms with Crippen molar-refractivity contribution in [1.82, 2.24) is 14.7 Å². The minimum Gasteiger partial charge on any atom is -0.332 e. The molecule has 0 aliphatic rings. The van der Waals surface area contributed by atoms with Crippen LogP contribution in [0, 0.1) is 6.92 Å². The zero-order chi connectivity index (χ0) is 26.3. The smallest absolute Gasteiger partial charge is 0.254 e. The summed E-state index contributed by atoms with van der Waals surface area (Å²) in [5.74, 6) is 0.138. The lowest BCUT2D eigenvalue weighted by atomic mass is 9.92. The van der Waals surface area contributed by atoms with E-state index in [2.05, 4.69) is 33.0 Å². The number of carbonyl (C=O) groups excluding carboxylic acids is 2. The van der Waals surface area contributed by atoms with Crippen LogP contribution in [0.4, 0.5) is 5.82 Å². The number of nitrogens with one attached hydrogen (secondary N) is 1. The molecule has 0 atom stereocenters. The monoisotopic (exact) mass is 488 g/mol. The largest absolute Gasteiger partial charge is 0.332 e. The molecule has 0 saturated heterocycles. The van der Waals surface area contributed by atoms with Crippen molar-refractivity contribution in [2.75, 3.05) is 18.9 Å². The van der Waals surface area contributed by atoms with Gasteiger partial charge < -0.3 is 10.2 Å². The van der Waals surface area contributed by atoms with Gasteiger partial charge in [0.2, 0.25) is 5.91 Å². The van der Waals surface area contributed by atoms with Crippen LogP contribution in [0.25, 0.3) is 5.69 Å². The lowest BCUT2D eigenvalue weighted by molar-refractivity contribution is -0.116. The molecule has 3 rings (SSSR count). The molecule has 3 aromatic rings. The summed E-state index contributed by atoms with van der Waals surface area (Å²) in [6.07, 6.45) is 5.90. The van der Waals surface area contributed by atoms with Gasteiger partial charge in [0, 0.05) is 24.1 Å². The maximum absolute atomic E-state index is 12.9. The van der Waals surface area contributed by atoms with Crippen LogP contribution in [-0.4, -0.2) is 40.1 Å². The number of carbonyl (C=O) groups is 2. The van der Waals surface area contributed by atoms with Crippen molar-refractivity contribution in [2.45, 2.75) is 72.1 Å². The summed E-state index contributed by atoms with van der Waals surface area (Å²) in [6, 6.07) is 17.6. The minimum absolute atomic E-state index is 0.0540. The van der Waals surface area contributed by atoms with E-state index in [1.54, 1.807) is 11.7 Å². The molecule has 0 radical (unpaired) electrons. The van der Waals surface area contributed by atoms with Crippen LogP contribution in [0.1, 0.15) is 80.6 Å². The summed E-state index contributed by atoms with van der Waals surface area (Å²) in [6.45, 7) is 10.4. The third kappa shape index (κ3) is 7.30. The van der Waals surface area contributed by atoms with Crippen molar-refractivity contribution in [3.8, 4) is 5.69 Å². The van der Waals surface area contributed by atoms with E-state index in [0.29, 0.717) is 11.4 Å². The second-order valence-electron chi connectivity index (χ2n) is 10.6. The van der Waals surface area contributed by atoms with Crippen molar-refractivity contribution in [3.05, 3.63) is 77.0 Å². The highest BCUT2D eigenvalue weighted by Crippen LogP contribution is 2.26. The third-order valence-electron chi connectivity index (χ3n) is 6.27. The molecule has 0 unspecified atom stereocenters. The van der Waals surface area contributed by atoms with E-state index in [1.807, 2.05) is 61.5 Å². The second kappa shape index (κ2) is 12.0. The highest BCUT2D eigenvalue weighted by Gasteiger charge is 2.22. The molecular formula is C30H40N4O2. The van der Waals surface area contributed by atoms with Crippen molar-refractivity contribution in [3.63, 3.8) is 0 Å². The molecule has 0 bridgehead atoms. The van der Waals surface area contributed by atoms with Crippen LogP contribution in [-0.2, 0) is 16.6 Å². The van der Waals surface area contributed by atoms with Crippen molar-refractivity contribution >= 4 is 17.6 Å². The molecule has 192 valence electrons. The van der Waals surface area contributed by atoms with Gasteiger partial charge in [0.1, 0.15) is 5.82 Å². The van der Waals surface area contributed by atoms with E-state index in [1.165, 1.54) is 29.7 Å². The van der Waals surface area contributed by atoms with Gasteiger partial charge >= 0.3 is 0 Å². The molecular weight excluding hydrogens is 448 g/mol. The molecule has 36 heavy (non-hydrogen) atoms. The van der Waals surface area contributed by atoms with Gasteiger partial charge in [-0.3, -0.25) is 9.59 Å². The van der Waals surface area contributed by atoms with E-state index in [-0.39, 0.29) is 23.8 Å². The Balaban J connectivity index is 1.67. The molecule has 1 N–H and O–H groups in total. The fourth-order valence-corrected chi connectivity index (χ4v) is 3.98. The van der Waals surface area contributed by atoms with E-state index < -0.39 is 0 Å². The van der Waals surface area contributed by atoms with Crippen LogP contribution in [0.15, 0.2) is 54.6 Å². The van der Waals surface area contributed by atoms with Gasteiger partial charge in [-0.25, -0.2) is 4.68 Å². The number of likely N-dealkylation sites (N-methyl/N-ethyl adjacent to an activating group) is 1. The third-order valence-corrected chi connectivity index (χ3v) is 6.27. The first kappa shape index (κ1) is 27.2. The Morgan fingerprint density at radius 2 is 1.64 bits per heavy atom. The van der Waals surface area contributed by atoms with Crippen molar-refractivity contribution in [1.29, 1.82) is 0 Å². The Bertz CT molecular complexity index is 1160. The Morgan fingerprint density at radius 3 is 2.25 bits per heavy atom. The summed E-state index contributed by atoms with van der Waals surface area (Å²) in [7, 11) is 1.65. The van der Waals surface area contributed by atoms with E-state index >= 15 is 0 Å². The second-order valence-corrected chi connectivity index (χ2v) is 10.6. The minimum atomic E-state index is -0.271. The number of hydrogen-bond donors (Lipinski definition) is 1. The summed E-state index contributed by atoms with van der Waals surface area (Å²) >= 11 is 0. The quantitative estimate of drug-likeness (QED) is 0.340. The molecule has 0 spiro atoms. The van der Waals surface area contributed by atoms with Crippen LogP contribution in [0.5, 0.6) is 0 Å². The van der Waals surface area contributed by atoms with Gasteiger partial charge in [0.05, 0.1) is 17.9 Å². The fraction of sp³-hybridized carbons (Fsp3) is 0.433. The highest BCUT2D eigenvalue weighted by atomic mass is 16.2. The van der Waals surface area contributed by atoms with Gasteiger partial charge in [-0.1, -0.05) is 76.8 Å². The maximum Gasteiger partial charge on any atom is 0.254 e.